The summed E-state index contributed by atoms with van der Waals surface area (Å²) in [6.07, 6.45) is 0.657. The molecule has 0 amide bonds. The van der Waals surface area contributed by atoms with Gasteiger partial charge in [0.2, 0.25) is 0 Å². The van der Waals surface area contributed by atoms with Gasteiger partial charge in [-0.2, -0.15) is 8.42 Å². The summed E-state index contributed by atoms with van der Waals surface area (Å²) in [6, 6.07) is 20.1. The molecule has 106 valence electrons. The molecule has 2 rings (SSSR count). The van der Waals surface area contributed by atoms with Crippen molar-refractivity contribution in [3.05, 3.63) is 71.8 Å². The Labute approximate surface area is 119 Å². The normalized spacial score (nSPS) is 11.7. The van der Waals surface area contributed by atoms with E-state index in [4.69, 9.17) is 5.14 Å². The standard InChI is InChI=1S/C15H18N2O2S/c16-20(18,19)17-12-11-15(13-7-3-1-4-8-13)14-9-5-2-6-10-14/h1-10,15,17H,11-12H2,(H2,16,18,19). The molecule has 0 aromatic heterocycles. The van der Waals surface area contributed by atoms with Crippen LogP contribution in [0.1, 0.15) is 23.5 Å². The van der Waals surface area contributed by atoms with Crippen LogP contribution >= 0.6 is 0 Å². The van der Waals surface area contributed by atoms with Crippen LogP contribution in [-0.2, 0) is 10.2 Å². The van der Waals surface area contributed by atoms with Crippen LogP contribution in [0, 0.1) is 0 Å². The van der Waals surface area contributed by atoms with Crippen LogP contribution in [0.4, 0.5) is 0 Å². The molecule has 0 aliphatic heterocycles. The van der Waals surface area contributed by atoms with E-state index >= 15 is 0 Å². The highest BCUT2D eigenvalue weighted by atomic mass is 32.2. The quantitative estimate of drug-likeness (QED) is 0.854. The first kappa shape index (κ1) is 14.7. The molecule has 0 fully saturated rings. The highest BCUT2D eigenvalue weighted by Crippen LogP contribution is 2.27. The minimum Gasteiger partial charge on any atom is -0.216 e. The fourth-order valence-corrected chi connectivity index (χ4v) is 2.64. The van der Waals surface area contributed by atoms with Gasteiger partial charge in [-0.3, -0.25) is 0 Å². The van der Waals surface area contributed by atoms with E-state index in [0.29, 0.717) is 13.0 Å². The third-order valence-electron chi connectivity index (χ3n) is 3.14. The summed E-state index contributed by atoms with van der Waals surface area (Å²) in [5.41, 5.74) is 2.32. The molecule has 0 saturated heterocycles. The molecule has 20 heavy (non-hydrogen) atoms. The molecule has 0 saturated carbocycles. The number of nitrogens with one attached hydrogen (secondary N) is 1. The lowest BCUT2D eigenvalue weighted by Gasteiger charge is -2.18. The lowest BCUT2D eigenvalue weighted by atomic mass is 9.89. The van der Waals surface area contributed by atoms with Crippen LogP contribution < -0.4 is 9.86 Å². The average Bonchev–Trinajstić information content (AvgIpc) is 2.44. The second-order valence-electron chi connectivity index (χ2n) is 4.60. The number of rotatable bonds is 6. The van der Waals surface area contributed by atoms with Crippen molar-refractivity contribution in [1.82, 2.24) is 4.72 Å². The Kier molecular flexibility index (Phi) is 4.89. The van der Waals surface area contributed by atoms with Crippen molar-refractivity contribution in [2.75, 3.05) is 6.54 Å². The van der Waals surface area contributed by atoms with Gasteiger partial charge in [-0.1, -0.05) is 60.7 Å². The monoisotopic (exact) mass is 290 g/mol. The van der Waals surface area contributed by atoms with Gasteiger partial charge in [0.05, 0.1) is 0 Å². The van der Waals surface area contributed by atoms with Crippen molar-refractivity contribution in [1.29, 1.82) is 0 Å². The number of hydrogen-bond donors (Lipinski definition) is 2. The summed E-state index contributed by atoms with van der Waals surface area (Å²) in [7, 11) is -3.63. The third kappa shape index (κ3) is 4.45. The van der Waals surface area contributed by atoms with E-state index in [1.807, 2.05) is 36.4 Å². The molecular formula is C15H18N2O2S. The summed E-state index contributed by atoms with van der Waals surface area (Å²) in [5, 5.41) is 4.96. The van der Waals surface area contributed by atoms with E-state index in [1.54, 1.807) is 0 Å². The maximum Gasteiger partial charge on any atom is 0.274 e. The van der Waals surface area contributed by atoms with Crippen LogP contribution in [0.5, 0.6) is 0 Å². The maximum atomic E-state index is 11.0. The van der Waals surface area contributed by atoms with Crippen molar-refractivity contribution >= 4 is 10.2 Å². The van der Waals surface area contributed by atoms with Crippen LogP contribution in [0.15, 0.2) is 60.7 Å². The zero-order valence-corrected chi connectivity index (χ0v) is 11.9. The number of nitrogens with two attached hydrogens (primary N) is 1. The van der Waals surface area contributed by atoms with E-state index in [-0.39, 0.29) is 5.92 Å². The SMILES string of the molecule is NS(=O)(=O)NCCC(c1ccccc1)c1ccccc1. The van der Waals surface area contributed by atoms with Gasteiger partial charge in [0.15, 0.2) is 0 Å². The van der Waals surface area contributed by atoms with E-state index in [0.717, 1.165) is 11.1 Å². The predicted octanol–water partition coefficient (Wildman–Crippen LogP) is 2.00. The average molecular weight is 290 g/mol. The smallest absolute Gasteiger partial charge is 0.216 e. The molecule has 0 aliphatic rings. The van der Waals surface area contributed by atoms with E-state index < -0.39 is 10.2 Å². The molecule has 2 aromatic carbocycles. The van der Waals surface area contributed by atoms with E-state index in [9.17, 15) is 8.42 Å². The van der Waals surface area contributed by atoms with Gasteiger partial charge in [0.25, 0.3) is 10.2 Å². The molecule has 0 bridgehead atoms. The second-order valence-corrected chi connectivity index (χ2v) is 5.98. The largest absolute Gasteiger partial charge is 0.274 e. The van der Waals surface area contributed by atoms with Gasteiger partial charge in [0.1, 0.15) is 0 Å². The van der Waals surface area contributed by atoms with Crippen molar-refractivity contribution < 1.29 is 8.42 Å². The topological polar surface area (TPSA) is 72.2 Å². The van der Waals surface area contributed by atoms with Crippen LogP contribution in [0.25, 0.3) is 0 Å². The maximum absolute atomic E-state index is 11.0. The Morgan fingerprint density at radius 2 is 1.35 bits per heavy atom. The molecule has 3 N–H and O–H groups in total. The van der Waals surface area contributed by atoms with Gasteiger partial charge in [-0.05, 0) is 17.5 Å². The molecule has 2 aromatic rings. The molecule has 4 nitrogen and oxygen atoms in total. The van der Waals surface area contributed by atoms with Crippen molar-refractivity contribution in [2.45, 2.75) is 12.3 Å². The number of hydrogen-bond acceptors (Lipinski definition) is 2. The molecule has 0 spiro atoms. The zero-order chi connectivity index (χ0) is 14.4. The van der Waals surface area contributed by atoms with Gasteiger partial charge < -0.3 is 0 Å². The van der Waals surface area contributed by atoms with Crippen molar-refractivity contribution in [2.24, 2.45) is 5.14 Å². The van der Waals surface area contributed by atoms with Gasteiger partial charge in [0, 0.05) is 12.5 Å². The van der Waals surface area contributed by atoms with Gasteiger partial charge in [-0.25, -0.2) is 9.86 Å². The van der Waals surface area contributed by atoms with Gasteiger partial charge in [-0.15, -0.1) is 0 Å². The molecule has 5 heteroatoms. The highest BCUT2D eigenvalue weighted by molar-refractivity contribution is 7.87. The predicted molar refractivity (Wildman–Crippen MR) is 80.5 cm³/mol. The van der Waals surface area contributed by atoms with Crippen molar-refractivity contribution in [3.8, 4) is 0 Å². The Morgan fingerprint density at radius 1 is 0.900 bits per heavy atom. The van der Waals surface area contributed by atoms with Crippen LogP contribution in [-0.4, -0.2) is 15.0 Å². The first-order valence-electron chi connectivity index (χ1n) is 6.43. The summed E-state index contributed by atoms with van der Waals surface area (Å²) in [5.74, 6) is 0.145. The molecule has 0 radical (unpaired) electrons. The Hall–Kier alpha value is -1.69. The molecule has 0 atom stereocenters. The minimum absolute atomic E-state index is 0.145. The summed E-state index contributed by atoms with van der Waals surface area (Å²) in [6.45, 7) is 0.313. The fourth-order valence-electron chi connectivity index (χ4n) is 2.24. The molecular weight excluding hydrogens is 272 g/mol. The van der Waals surface area contributed by atoms with Crippen molar-refractivity contribution in [3.63, 3.8) is 0 Å². The fraction of sp³-hybridized carbons (Fsp3) is 0.200. The first-order valence-corrected chi connectivity index (χ1v) is 7.98. The lowest BCUT2D eigenvalue weighted by Crippen LogP contribution is -2.32. The minimum atomic E-state index is -3.63. The Balaban J connectivity index is 2.17. The zero-order valence-electron chi connectivity index (χ0n) is 11.1. The van der Waals surface area contributed by atoms with E-state index in [2.05, 4.69) is 29.0 Å². The second kappa shape index (κ2) is 6.65. The number of benzene rings is 2. The van der Waals surface area contributed by atoms with E-state index in [1.165, 1.54) is 0 Å². The highest BCUT2D eigenvalue weighted by Gasteiger charge is 2.14. The molecule has 0 heterocycles. The van der Waals surface area contributed by atoms with Gasteiger partial charge >= 0.3 is 0 Å². The third-order valence-corrected chi connectivity index (χ3v) is 3.75. The summed E-state index contributed by atoms with van der Waals surface area (Å²) >= 11 is 0. The molecule has 0 aliphatic carbocycles. The Bertz CT molecular complexity index is 588. The lowest BCUT2D eigenvalue weighted by molar-refractivity contribution is 0.577. The van der Waals surface area contributed by atoms with Crippen LogP contribution in [0.3, 0.4) is 0 Å². The Morgan fingerprint density at radius 3 is 1.75 bits per heavy atom. The van der Waals surface area contributed by atoms with Crippen LogP contribution in [0.2, 0.25) is 0 Å². The summed E-state index contributed by atoms with van der Waals surface area (Å²) in [4.78, 5) is 0. The summed E-state index contributed by atoms with van der Waals surface area (Å²) < 4.78 is 24.2. The first-order chi connectivity index (χ1) is 9.56. The molecule has 0 unspecified atom stereocenters.